The standard InChI is InChI=1S/C20H27F2N5O2/c1-11(10-28)24-19(29)15-4-3-14(15)17-25-12(2)16-9-23-27(18(16)26-17)13-5-7-20(21,22)8-6-13/h9,11,13-15,28H,2-8,10H2,1H3,(H,24,29)(H,25,26)/t11?,14-,15-/m1/s1. The summed E-state index contributed by atoms with van der Waals surface area (Å²) in [6.07, 6.45) is 3.69. The molecule has 2 saturated carbocycles. The third kappa shape index (κ3) is 3.80. The number of rotatable bonds is 5. The van der Waals surface area contributed by atoms with Gasteiger partial charge in [-0.2, -0.15) is 5.10 Å². The molecule has 2 heterocycles. The van der Waals surface area contributed by atoms with E-state index in [1.165, 1.54) is 0 Å². The number of nitrogens with zero attached hydrogens (tertiary/aromatic N) is 3. The minimum Gasteiger partial charge on any atom is -0.394 e. The first-order valence-corrected chi connectivity index (χ1v) is 10.2. The van der Waals surface area contributed by atoms with Crippen LogP contribution in [0.2, 0.25) is 0 Å². The Bertz CT molecular complexity index is 840. The van der Waals surface area contributed by atoms with Crippen LogP contribution >= 0.6 is 0 Å². The molecule has 3 N–H and O–H groups in total. The van der Waals surface area contributed by atoms with Crippen LogP contribution in [-0.2, 0) is 4.79 Å². The van der Waals surface area contributed by atoms with Gasteiger partial charge in [-0.1, -0.05) is 6.58 Å². The molecule has 1 aromatic heterocycles. The van der Waals surface area contributed by atoms with Gasteiger partial charge in [-0.3, -0.25) is 4.79 Å². The highest BCUT2D eigenvalue weighted by Gasteiger charge is 2.42. The third-order valence-electron chi connectivity index (χ3n) is 6.26. The van der Waals surface area contributed by atoms with Gasteiger partial charge in [0.1, 0.15) is 5.84 Å². The van der Waals surface area contributed by atoms with Crippen molar-refractivity contribution in [1.82, 2.24) is 20.4 Å². The lowest BCUT2D eigenvalue weighted by Crippen LogP contribution is -2.50. The van der Waals surface area contributed by atoms with Crippen LogP contribution in [0.3, 0.4) is 0 Å². The normalized spacial score (nSPS) is 27.3. The molecule has 3 aliphatic rings. The second-order valence-electron chi connectivity index (χ2n) is 8.40. The Morgan fingerprint density at radius 1 is 1.41 bits per heavy atom. The molecule has 0 saturated heterocycles. The van der Waals surface area contributed by atoms with Gasteiger partial charge in [-0.05, 0) is 32.6 Å². The number of aliphatic hydroxyl groups is 1. The molecule has 1 aromatic rings. The van der Waals surface area contributed by atoms with E-state index in [9.17, 15) is 13.6 Å². The molecule has 9 heteroatoms. The van der Waals surface area contributed by atoms with Crippen molar-refractivity contribution < 1.29 is 18.7 Å². The maximum absolute atomic E-state index is 13.5. The van der Waals surface area contributed by atoms with Gasteiger partial charge in [-0.15, -0.1) is 0 Å². The highest BCUT2D eigenvalue weighted by molar-refractivity contribution is 6.01. The highest BCUT2D eigenvalue weighted by Crippen LogP contribution is 2.43. The smallest absolute Gasteiger partial charge is 0.248 e. The maximum Gasteiger partial charge on any atom is 0.248 e. The minimum absolute atomic E-state index is 0.0650. The predicted molar refractivity (Wildman–Crippen MR) is 105 cm³/mol. The van der Waals surface area contributed by atoms with E-state index < -0.39 is 5.92 Å². The van der Waals surface area contributed by atoms with Crippen molar-refractivity contribution in [2.45, 2.75) is 63.5 Å². The van der Waals surface area contributed by atoms with E-state index in [4.69, 9.17) is 10.1 Å². The molecular formula is C20H27F2N5O2. The average Bonchev–Trinajstić information content (AvgIpc) is 3.05. The Hall–Kier alpha value is -2.29. The van der Waals surface area contributed by atoms with E-state index in [2.05, 4.69) is 22.3 Å². The number of nitrogens with one attached hydrogen (secondary N) is 2. The van der Waals surface area contributed by atoms with Crippen molar-refractivity contribution in [2.75, 3.05) is 6.61 Å². The number of hydrogen-bond acceptors (Lipinski definition) is 5. The number of carbonyl (C=O) groups is 1. The number of aromatic nitrogens is 2. The number of hydrogen-bond donors (Lipinski definition) is 3. The topological polar surface area (TPSA) is 91.5 Å². The van der Waals surface area contributed by atoms with Crippen LogP contribution in [-0.4, -0.2) is 45.2 Å². The SMILES string of the molecule is C=C1NC([C@@H]2CC[C@H]2C(=O)NC(C)CO)=Nc2c1cnn2C1CCC(F)(F)CC1. The first-order valence-electron chi connectivity index (χ1n) is 10.2. The molecule has 3 atom stereocenters. The van der Waals surface area contributed by atoms with E-state index in [-0.39, 0.29) is 49.3 Å². The molecular weight excluding hydrogens is 380 g/mol. The first kappa shape index (κ1) is 20.0. The molecule has 0 aromatic carbocycles. The third-order valence-corrected chi connectivity index (χ3v) is 6.26. The number of aliphatic imine (C=N–C) groups is 1. The molecule has 0 spiro atoms. The van der Waals surface area contributed by atoms with Crippen molar-refractivity contribution in [3.8, 4) is 0 Å². The van der Waals surface area contributed by atoms with Gasteiger partial charge in [0.25, 0.3) is 0 Å². The molecule has 0 radical (unpaired) electrons. The summed E-state index contributed by atoms with van der Waals surface area (Å²) >= 11 is 0. The molecule has 158 valence electrons. The number of carbonyl (C=O) groups excluding carboxylic acids is 1. The Morgan fingerprint density at radius 3 is 2.76 bits per heavy atom. The van der Waals surface area contributed by atoms with E-state index >= 15 is 0 Å². The Morgan fingerprint density at radius 2 is 2.14 bits per heavy atom. The van der Waals surface area contributed by atoms with Crippen molar-refractivity contribution >= 4 is 23.3 Å². The zero-order chi connectivity index (χ0) is 20.8. The molecule has 1 amide bonds. The van der Waals surface area contributed by atoms with Crippen LogP contribution in [0.1, 0.15) is 57.1 Å². The lowest BCUT2D eigenvalue weighted by molar-refractivity contribution is -0.129. The van der Waals surface area contributed by atoms with Crippen LogP contribution in [0.5, 0.6) is 0 Å². The summed E-state index contributed by atoms with van der Waals surface area (Å²) in [4.78, 5) is 17.2. The molecule has 4 rings (SSSR count). The van der Waals surface area contributed by atoms with E-state index in [1.54, 1.807) is 17.8 Å². The van der Waals surface area contributed by atoms with Gasteiger partial charge in [0.15, 0.2) is 5.82 Å². The highest BCUT2D eigenvalue weighted by atomic mass is 19.3. The first-order chi connectivity index (χ1) is 13.8. The lowest BCUT2D eigenvalue weighted by Gasteiger charge is -2.38. The summed E-state index contributed by atoms with van der Waals surface area (Å²) in [5, 5.41) is 19.6. The summed E-state index contributed by atoms with van der Waals surface area (Å²) in [6, 6.07) is -0.405. The average molecular weight is 407 g/mol. The number of aliphatic hydroxyl groups excluding tert-OH is 1. The zero-order valence-corrected chi connectivity index (χ0v) is 16.5. The van der Waals surface area contributed by atoms with Gasteiger partial charge in [0.2, 0.25) is 11.8 Å². The van der Waals surface area contributed by atoms with Crippen LogP contribution in [0.4, 0.5) is 14.6 Å². The summed E-state index contributed by atoms with van der Waals surface area (Å²) in [5.41, 5.74) is 1.42. The van der Waals surface area contributed by atoms with E-state index in [0.29, 0.717) is 30.2 Å². The van der Waals surface area contributed by atoms with Crippen molar-refractivity contribution in [3.63, 3.8) is 0 Å². The maximum atomic E-state index is 13.5. The molecule has 29 heavy (non-hydrogen) atoms. The lowest BCUT2D eigenvalue weighted by atomic mass is 9.72. The van der Waals surface area contributed by atoms with Crippen molar-refractivity contribution in [1.29, 1.82) is 0 Å². The zero-order valence-electron chi connectivity index (χ0n) is 16.5. The second kappa shape index (κ2) is 7.51. The van der Waals surface area contributed by atoms with Gasteiger partial charge in [0, 0.05) is 36.4 Å². The molecule has 0 bridgehead atoms. The second-order valence-corrected chi connectivity index (χ2v) is 8.40. The summed E-state index contributed by atoms with van der Waals surface area (Å²) in [5.74, 6) is -1.66. The van der Waals surface area contributed by atoms with Crippen LogP contribution in [0.15, 0.2) is 17.8 Å². The fourth-order valence-corrected chi connectivity index (χ4v) is 4.29. The van der Waals surface area contributed by atoms with Crippen molar-refractivity contribution in [3.05, 3.63) is 18.3 Å². The Labute approximate surface area is 168 Å². The molecule has 1 unspecified atom stereocenters. The largest absolute Gasteiger partial charge is 0.394 e. The number of amides is 1. The van der Waals surface area contributed by atoms with Crippen LogP contribution < -0.4 is 10.6 Å². The molecule has 2 fully saturated rings. The van der Waals surface area contributed by atoms with Crippen LogP contribution in [0, 0.1) is 11.8 Å². The van der Waals surface area contributed by atoms with Crippen molar-refractivity contribution in [2.24, 2.45) is 16.8 Å². The quantitative estimate of drug-likeness (QED) is 0.700. The molecule has 7 nitrogen and oxygen atoms in total. The monoisotopic (exact) mass is 407 g/mol. The summed E-state index contributed by atoms with van der Waals surface area (Å²) in [6.45, 7) is 5.70. The minimum atomic E-state index is -2.60. The summed E-state index contributed by atoms with van der Waals surface area (Å²) in [7, 11) is 0. The molecule has 2 aliphatic carbocycles. The number of amidine groups is 1. The Balaban J connectivity index is 1.54. The van der Waals surface area contributed by atoms with Gasteiger partial charge in [0.05, 0.1) is 24.4 Å². The van der Waals surface area contributed by atoms with Gasteiger partial charge >= 0.3 is 0 Å². The fraction of sp³-hybridized carbons (Fsp3) is 0.650. The van der Waals surface area contributed by atoms with E-state index in [1.807, 2.05) is 0 Å². The fourth-order valence-electron chi connectivity index (χ4n) is 4.29. The van der Waals surface area contributed by atoms with Gasteiger partial charge in [-0.25, -0.2) is 18.5 Å². The number of alkyl halides is 2. The van der Waals surface area contributed by atoms with Crippen LogP contribution in [0.25, 0.3) is 5.70 Å². The molecule has 1 aliphatic heterocycles. The predicted octanol–water partition coefficient (Wildman–Crippen LogP) is 2.76. The Kier molecular flexibility index (Phi) is 5.18. The number of halogens is 2. The van der Waals surface area contributed by atoms with Gasteiger partial charge < -0.3 is 15.7 Å². The van der Waals surface area contributed by atoms with E-state index in [0.717, 1.165) is 18.4 Å². The summed E-state index contributed by atoms with van der Waals surface area (Å²) < 4.78 is 28.8. The number of fused-ring (bicyclic) bond motifs is 1.